The zero-order valence-corrected chi connectivity index (χ0v) is 19.2. The standard InChI is InChI=1S/C22H24ClN3O5S/c1-25-19-7-6-17(13-20(19)31-22(25)28)32(29,30)26-10-8-15(9-11-26)12-21(27)24-14-16-4-2-3-5-18(16)23/h2-7,13,15H,8-12,14H2,1H3,(H,24,27). The Hall–Kier alpha value is -2.62. The fraction of sp³-hybridized carbons (Fsp3) is 0.364. The number of carbonyl (C=O) groups is 1. The van der Waals surface area contributed by atoms with Gasteiger partial charge in [0.25, 0.3) is 0 Å². The third-order valence-corrected chi connectivity index (χ3v) is 8.15. The van der Waals surface area contributed by atoms with Crippen LogP contribution in [0.15, 0.2) is 56.6 Å². The molecular formula is C22H24ClN3O5S. The van der Waals surface area contributed by atoms with E-state index in [0.717, 1.165) is 5.56 Å². The topological polar surface area (TPSA) is 102 Å². The molecule has 1 aliphatic rings. The summed E-state index contributed by atoms with van der Waals surface area (Å²) >= 11 is 6.11. The van der Waals surface area contributed by atoms with E-state index in [1.54, 1.807) is 19.2 Å². The SMILES string of the molecule is Cn1c(=O)oc2cc(S(=O)(=O)N3CCC(CC(=O)NCc4ccccc4Cl)CC3)ccc21. The molecule has 1 aromatic heterocycles. The van der Waals surface area contributed by atoms with Crippen molar-refractivity contribution in [3.63, 3.8) is 0 Å². The lowest BCUT2D eigenvalue weighted by molar-refractivity contribution is -0.122. The van der Waals surface area contributed by atoms with Crippen molar-refractivity contribution in [3.05, 3.63) is 63.6 Å². The van der Waals surface area contributed by atoms with Crippen LogP contribution >= 0.6 is 11.6 Å². The number of oxazole rings is 1. The number of nitrogens with one attached hydrogen (secondary N) is 1. The van der Waals surface area contributed by atoms with E-state index in [-0.39, 0.29) is 22.3 Å². The molecule has 1 aliphatic heterocycles. The van der Waals surface area contributed by atoms with Crippen LogP contribution in [0.3, 0.4) is 0 Å². The first kappa shape index (κ1) is 22.6. The molecular weight excluding hydrogens is 454 g/mol. The highest BCUT2D eigenvalue weighted by atomic mass is 35.5. The van der Waals surface area contributed by atoms with Crippen molar-refractivity contribution in [1.29, 1.82) is 0 Å². The van der Waals surface area contributed by atoms with Gasteiger partial charge in [0.15, 0.2) is 5.58 Å². The van der Waals surface area contributed by atoms with E-state index < -0.39 is 15.8 Å². The quantitative estimate of drug-likeness (QED) is 0.588. The second-order valence-electron chi connectivity index (χ2n) is 7.98. The Morgan fingerprint density at radius 2 is 1.91 bits per heavy atom. The largest absolute Gasteiger partial charge is 0.419 e. The van der Waals surface area contributed by atoms with Crippen molar-refractivity contribution < 1.29 is 17.6 Å². The number of carbonyl (C=O) groups excluding carboxylic acids is 1. The number of amides is 1. The number of piperidine rings is 1. The minimum absolute atomic E-state index is 0.0733. The van der Waals surface area contributed by atoms with Gasteiger partial charge < -0.3 is 9.73 Å². The Morgan fingerprint density at radius 3 is 2.62 bits per heavy atom. The predicted molar refractivity (Wildman–Crippen MR) is 121 cm³/mol. The molecule has 4 rings (SSSR count). The van der Waals surface area contributed by atoms with Gasteiger partial charge in [-0.15, -0.1) is 0 Å². The lowest BCUT2D eigenvalue weighted by Crippen LogP contribution is -2.39. The van der Waals surface area contributed by atoms with Crippen LogP contribution in [0.5, 0.6) is 0 Å². The average Bonchev–Trinajstić information content (AvgIpc) is 3.06. The Labute approximate surface area is 190 Å². The summed E-state index contributed by atoms with van der Waals surface area (Å²) in [6.45, 7) is 1.03. The van der Waals surface area contributed by atoms with Gasteiger partial charge in [0, 0.05) is 44.2 Å². The number of aromatic nitrogens is 1. The van der Waals surface area contributed by atoms with Gasteiger partial charge in [-0.3, -0.25) is 9.36 Å². The average molecular weight is 478 g/mol. The Kier molecular flexibility index (Phi) is 6.41. The van der Waals surface area contributed by atoms with Gasteiger partial charge in [0.2, 0.25) is 15.9 Å². The van der Waals surface area contributed by atoms with Crippen molar-refractivity contribution >= 4 is 38.6 Å². The minimum atomic E-state index is -3.71. The predicted octanol–water partition coefficient (Wildman–Crippen LogP) is 2.89. The smallest absolute Gasteiger partial charge is 0.408 e. The summed E-state index contributed by atoms with van der Waals surface area (Å²) in [6, 6.07) is 11.8. The summed E-state index contributed by atoms with van der Waals surface area (Å²) in [6.07, 6.45) is 1.54. The van der Waals surface area contributed by atoms with Crippen LogP contribution in [0, 0.1) is 5.92 Å². The Balaban J connectivity index is 1.34. The van der Waals surface area contributed by atoms with Crippen LogP contribution in [-0.4, -0.2) is 36.3 Å². The monoisotopic (exact) mass is 477 g/mol. The molecule has 1 fully saturated rings. The summed E-state index contributed by atoms with van der Waals surface area (Å²) < 4.78 is 34.0. The number of hydrogen-bond donors (Lipinski definition) is 1. The molecule has 0 radical (unpaired) electrons. The van der Waals surface area contributed by atoms with E-state index >= 15 is 0 Å². The third-order valence-electron chi connectivity index (χ3n) is 5.88. The second-order valence-corrected chi connectivity index (χ2v) is 10.3. The number of fused-ring (bicyclic) bond motifs is 1. The Morgan fingerprint density at radius 1 is 1.19 bits per heavy atom. The maximum absolute atomic E-state index is 13.1. The molecule has 8 nitrogen and oxygen atoms in total. The molecule has 0 spiro atoms. The molecule has 0 saturated carbocycles. The molecule has 10 heteroatoms. The van der Waals surface area contributed by atoms with Gasteiger partial charge in [0.1, 0.15) is 0 Å². The number of hydrogen-bond acceptors (Lipinski definition) is 5. The number of aryl methyl sites for hydroxylation is 1. The maximum atomic E-state index is 13.1. The van der Waals surface area contributed by atoms with Crippen LogP contribution < -0.4 is 11.1 Å². The lowest BCUT2D eigenvalue weighted by atomic mass is 9.94. The number of rotatable bonds is 6. The van der Waals surface area contributed by atoms with Crippen molar-refractivity contribution in [2.75, 3.05) is 13.1 Å². The highest BCUT2D eigenvalue weighted by molar-refractivity contribution is 7.89. The van der Waals surface area contributed by atoms with Gasteiger partial charge in [0.05, 0.1) is 10.4 Å². The van der Waals surface area contributed by atoms with Crippen LogP contribution in [0.1, 0.15) is 24.8 Å². The zero-order chi connectivity index (χ0) is 22.9. The highest BCUT2D eigenvalue weighted by Crippen LogP contribution is 2.27. The zero-order valence-electron chi connectivity index (χ0n) is 17.6. The molecule has 1 amide bonds. The second kappa shape index (κ2) is 9.09. The van der Waals surface area contributed by atoms with E-state index in [1.165, 1.54) is 21.0 Å². The van der Waals surface area contributed by atoms with E-state index in [1.807, 2.05) is 18.2 Å². The molecule has 2 heterocycles. The molecule has 2 aromatic carbocycles. The summed E-state index contributed by atoms with van der Waals surface area (Å²) in [5.41, 5.74) is 1.63. The molecule has 0 atom stereocenters. The fourth-order valence-electron chi connectivity index (χ4n) is 3.95. The number of benzene rings is 2. The van der Waals surface area contributed by atoms with Gasteiger partial charge in [-0.05, 0) is 42.5 Å². The van der Waals surface area contributed by atoms with Crippen molar-refractivity contribution in [2.24, 2.45) is 13.0 Å². The first-order valence-electron chi connectivity index (χ1n) is 10.4. The van der Waals surface area contributed by atoms with Gasteiger partial charge in [-0.1, -0.05) is 29.8 Å². The first-order chi connectivity index (χ1) is 15.3. The maximum Gasteiger partial charge on any atom is 0.419 e. The van der Waals surface area contributed by atoms with Crippen molar-refractivity contribution in [3.8, 4) is 0 Å². The molecule has 1 N–H and O–H groups in total. The summed E-state index contributed by atoms with van der Waals surface area (Å²) in [5.74, 6) is -0.499. The van der Waals surface area contributed by atoms with E-state index in [0.29, 0.717) is 49.4 Å². The fourth-order valence-corrected chi connectivity index (χ4v) is 5.64. The molecule has 0 bridgehead atoms. The highest BCUT2D eigenvalue weighted by Gasteiger charge is 2.30. The van der Waals surface area contributed by atoms with Gasteiger partial charge in [-0.2, -0.15) is 4.31 Å². The first-order valence-corrected chi connectivity index (χ1v) is 12.2. The molecule has 0 unspecified atom stereocenters. The third kappa shape index (κ3) is 4.60. The van der Waals surface area contributed by atoms with Crippen LogP contribution in [-0.2, 0) is 28.4 Å². The molecule has 32 heavy (non-hydrogen) atoms. The van der Waals surface area contributed by atoms with E-state index in [9.17, 15) is 18.0 Å². The number of halogens is 1. The molecule has 170 valence electrons. The summed E-state index contributed by atoms with van der Waals surface area (Å²) in [7, 11) is -2.15. The van der Waals surface area contributed by atoms with Crippen LogP contribution in [0.4, 0.5) is 0 Å². The van der Waals surface area contributed by atoms with Crippen LogP contribution in [0.25, 0.3) is 11.1 Å². The lowest BCUT2D eigenvalue weighted by Gasteiger charge is -2.31. The van der Waals surface area contributed by atoms with Crippen LogP contribution in [0.2, 0.25) is 5.02 Å². The van der Waals surface area contributed by atoms with Crippen molar-refractivity contribution in [2.45, 2.75) is 30.7 Å². The molecule has 3 aromatic rings. The van der Waals surface area contributed by atoms with E-state index in [2.05, 4.69) is 5.32 Å². The minimum Gasteiger partial charge on any atom is -0.408 e. The summed E-state index contributed by atoms with van der Waals surface area (Å²) in [5, 5.41) is 3.50. The van der Waals surface area contributed by atoms with Gasteiger partial charge in [-0.25, -0.2) is 13.2 Å². The number of nitrogens with zero attached hydrogens (tertiary/aromatic N) is 2. The normalized spacial score (nSPS) is 15.8. The Bertz CT molecular complexity index is 1310. The number of sulfonamides is 1. The van der Waals surface area contributed by atoms with Crippen molar-refractivity contribution in [1.82, 2.24) is 14.2 Å². The molecule has 0 aliphatic carbocycles. The molecule has 1 saturated heterocycles. The van der Waals surface area contributed by atoms with Gasteiger partial charge >= 0.3 is 5.76 Å². The summed E-state index contributed by atoms with van der Waals surface area (Å²) in [4.78, 5) is 24.1. The van der Waals surface area contributed by atoms with E-state index in [4.69, 9.17) is 16.0 Å².